The molecule has 7 heteroatoms. The third kappa shape index (κ3) is 3.40. The van der Waals surface area contributed by atoms with Gasteiger partial charge in [-0.1, -0.05) is 30.7 Å². The molecule has 0 spiro atoms. The number of carbonyl (C=O) groups excluding carboxylic acids is 1. The Kier molecular flexibility index (Phi) is 4.59. The fourth-order valence-corrected chi connectivity index (χ4v) is 3.00. The molecule has 0 saturated carbocycles. The van der Waals surface area contributed by atoms with Gasteiger partial charge in [-0.05, 0) is 18.2 Å². The summed E-state index contributed by atoms with van der Waals surface area (Å²) >= 11 is 5.90. The van der Waals surface area contributed by atoms with Crippen LogP contribution in [0, 0.1) is 0 Å². The van der Waals surface area contributed by atoms with Crippen molar-refractivity contribution in [2.75, 3.05) is 11.1 Å². The molecule has 1 N–H and O–H groups in total. The van der Waals surface area contributed by atoms with Crippen LogP contribution in [0.3, 0.4) is 0 Å². The van der Waals surface area contributed by atoms with Crippen LogP contribution in [0.2, 0.25) is 5.02 Å². The maximum Gasteiger partial charge on any atom is 0.257 e. The van der Waals surface area contributed by atoms with E-state index in [-0.39, 0.29) is 26.9 Å². The number of benzene rings is 1. The third-order valence-electron chi connectivity index (χ3n) is 2.87. The summed E-state index contributed by atoms with van der Waals surface area (Å²) in [6.45, 7) is 1.55. The minimum Gasteiger partial charge on any atom is -0.321 e. The lowest BCUT2D eigenvalue weighted by Gasteiger charge is -2.11. The van der Waals surface area contributed by atoms with Crippen molar-refractivity contribution in [2.45, 2.75) is 11.8 Å². The summed E-state index contributed by atoms with van der Waals surface area (Å²) in [6.07, 6.45) is 2.79. The van der Waals surface area contributed by atoms with Gasteiger partial charge in [0.15, 0.2) is 9.84 Å². The number of nitrogens with one attached hydrogen (secondary N) is 1. The van der Waals surface area contributed by atoms with E-state index in [4.69, 9.17) is 11.6 Å². The lowest BCUT2D eigenvalue weighted by Crippen LogP contribution is -2.16. The Balaban J connectivity index is 2.38. The lowest BCUT2D eigenvalue weighted by atomic mass is 10.2. The zero-order valence-corrected chi connectivity index (χ0v) is 12.8. The molecule has 1 heterocycles. The monoisotopic (exact) mass is 324 g/mol. The van der Waals surface area contributed by atoms with E-state index in [1.54, 1.807) is 19.1 Å². The number of anilines is 1. The highest BCUT2D eigenvalue weighted by Gasteiger charge is 2.18. The molecule has 0 atom stereocenters. The molecule has 2 aromatic rings. The van der Waals surface area contributed by atoms with Gasteiger partial charge in [0.1, 0.15) is 0 Å². The standard InChI is InChI=1S/C14H13ClN2O3S/c1-2-21(19,20)13-6-4-3-5-12(13)17-14(18)10-7-8-16-9-11(10)15/h3-9H,2H2,1H3,(H,17,18). The molecule has 2 rings (SSSR count). The molecule has 1 amide bonds. The fourth-order valence-electron chi connectivity index (χ4n) is 1.75. The van der Waals surface area contributed by atoms with Crippen LogP contribution in [0.5, 0.6) is 0 Å². The van der Waals surface area contributed by atoms with E-state index < -0.39 is 15.7 Å². The van der Waals surface area contributed by atoms with E-state index in [9.17, 15) is 13.2 Å². The molecule has 110 valence electrons. The fraction of sp³-hybridized carbons (Fsp3) is 0.143. The van der Waals surface area contributed by atoms with E-state index in [0.29, 0.717) is 0 Å². The number of hydrogen-bond acceptors (Lipinski definition) is 4. The van der Waals surface area contributed by atoms with Gasteiger partial charge >= 0.3 is 0 Å². The number of amides is 1. The minimum atomic E-state index is -3.43. The number of pyridine rings is 1. The van der Waals surface area contributed by atoms with Crippen LogP contribution in [0.1, 0.15) is 17.3 Å². The molecule has 0 aliphatic heterocycles. The van der Waals surface area contributed by atoms with Gasteiger partial charge in [-0.3, -0.25) is 9.78 Å². The summed E-state index contributed by atoms with van der Waals surface area (Å²) < 4.78 is 24.0. The van der Waals surface area contributed by atoms with Crippen LogP contribution in [-0.4, -0.2) is 25.1 Å². The van der Waals surface area contributed by atoms with E-state index in [0.717, 1.165) is 0 Å². The summed E-state index contributed by atoms with van der Waals surface area (Å²) in [5.74, 6) is -0.531. The zero-order chi connectivity index (χ0) is 15.5. The summed E-state index contributed by atoms with van der Waals surface area (Å²) in [6, 6.07) is 7.73. The molecule has 5 nitrogen and oxygen atoms in total. The summed E-state index contributed by atoms with van der Waals surface area (Å²) in [7, 11) is -3.43. The van der Waals surface area contributed by atoms with Crippen molar-refractivity contribution in [3.8, 4) is 0 Å². The number of hydrogen-bond donors (Lipinski definition) is 1. The number of sulfone groups is 1. The molecular formula is C14H13ClN2O3S. The Bertz CT molecular complexity index is 775. The topological polar surface area (TPSA) is 76.1 Å². The maximum atomic E-state index is 12.2. The van der Waals surface area contributed by atoms with E-state index in [1.165, 1.54) is 30.6 Å². The smallest absolute Gasteiger partial charge is 0.257 e. The average Bonchev–Trinajstić information content (AvgIpc) is 2.48. The van der Waals surface area contributed by atoms with Crippen molar-refractivity contribution in [1.82, 2.24) is 4.98 Å². The van der Waals surface area contributed by atoms with Crippen molar-refractivity contribution < 1.29 is 13.2 Å². The highest BCUT2D eigenvalue weighted by atomic mass is 35.5. The first-order valence-electron chi connectivity index (χ1n) is 6.18. The summed E-state index contributed by atoms with van der Waals surface area (Å²) in [5.41, 5.74) is 0.465. The van der Waals surface area contributed by atoms with Gasteiger partial charge in [-0.2, -0.15) is 0 Å². The van der Waals surface area contributed by atoms with Gasteiger partial charge in [-0.25, -0.2) is 8.42 Å². The molecule has 1 aromatic heterocycles. The number of rotatable bonds is 4. The second-order valence-corrected chi connectivity index (χ2v) is 6.86. The molecule has 0 aliphatic rings. The average molecular weight is 325 g/mol. The van der Waals surface area contributed by atoms with Crippen molar-refractivity contribution in [3.63, 3.8) is 0 Å². The minimum absolute atomic E-state index is 0.0457. The first kappa shape index (κ1) is 15.5. The van der Waals surface area contributed by atoms with Gasteiger partial charge < -0.3 is 5.32 Å². The Hall–Kier alpha value is -1.92. The van der Waals surface area contributed by atoms with Crippen LogP contribution < -0.4 is 5.32 Å². The van der Waals surface area contributed by atoms with Crippen LogP contribution in [0.4, 0.5) is 5.69 Å². The van der Waals surface area contributed by atoms with E-state index in [2.05, 4.69) is 10.3 Å². The molecule has 1 aromatic carbocycles. The van der Waals surface area contributed by atoms with Crippen molar-refractivity contribution >= 4 is 33.0 Å². The second kappa shape index (κ2) is 6.24. The van der Waals surface area contributed by atoms with Crippen LogP contribution >= 0.6 is 11.6 Å². The van der Waals surface area contributed by atoms with Crippen LogP contribution in [-0.2, 0) is 9.84 Å². The predicted octanol–water partition coefficient (Wildman–Crippen LogP) is 2.78. The van der Waals surface area contributed by atoms with E-state index in [1.807, 2.05) is 0 Å². The molecule has 0 fully saturated rings. The highest BCUT2D eigenvalue weighted by Crippen LogP contribution is 2.23. The number of halogens is 1. The number of para-hydroxylation sites is 1. The van der Waals surface area contributed by atoms with Gasteiger partial charge in [0.05, 0.1) is 26.9 Å². The first-order chi connectivity index (χ1) is 9.95. The molecular weight excluding hydrogens is 312 g/mol. The molecule has 0 bridgehead atoms. The van der Waals surface area contributed by atoms with Crippen molar-refractivity contribution in [1.29, 1.82) is 0 Å². The quantitative estimate of drug-likeness (QED) is 0.938. The van der Waals surface area contributed by atoms with Gasteiger partial charge in [-0.15, -0.1) is 0 Å². The lowest BCUT2D eigenvalue weighted by molar-refractivity contribution is 0.102. The van der Waals surface area contributed by atoms with Gasteiger partial charge in [0.2, 0.25) is 0 Å². The maximum absolute atomic E-state index is 12.2. The molecule has 0 unspecified atom stereocenters. The number of aromatic nitrogens is 1. The number of nitrogens with zero attached hydrogens (tertiary/aromatic N) is 1. The molecule has 0 aliphatic carbocycles. The van der Waals surface area contributed by atoms with Crippen molar-refractivity contribution in [2.24, 2.45) is 0 Å². The largest absolute Gasteiger partial charge is 0.321 e. The normalized spacial score (nSPS) is 11.1. The van der Waals surface area contributed by atoms with Crippen molar-refractivity contribution in [3.05, 3.63) is 53.3 Å². The Labute approximate surface area is 127 Å². The molecule has 21 heavy (non-hydrogen) atoms. The first-order valence-corrected chi connectivity index (χ1v) is 8.21. The Morgan fingerprint density at radius 3 is 2.67 bits per heavy atom. The van der Waals surface area contributed by atoms with Crippen LogP contribution in [0.25, 0.3) is 0 Å². The second-order valence-electron chi connectivity index (χ2n) is 4.21. The van der Waals surface area contributed by atoms with Gasteiger partial charge in [0, 0.05) is 12.4 Å². The molecule has 0 saturated heterocycles. The zero-order valence-electron chi connectivity index (χ0n) is 11.2. The highest BCUT2D eigenvalue weighted by molar-refractivity contribution is 7.91. The Morgan fingerprint density at radius 1 is 1.29 bits per heavy atom. The van der Waals surface area contributed by atoms with Crippen LogP contribution in [0.15, 0.2) is 47.6 Å². The molecule has 0 radical (unpaired) electrons. The third-order valence-corrected chi connectivity index (χ3v) is 4.95. The summed E-state index contributed by atoms with van der Waals surface area (Å²) in [5, 5.41) is 2.78. The van der Waals surface area contributed by atoms with E-state index >= 15 is 0 Å². The SMILES string of the molecule is CCS(=O)(=O)c1ccccc1NC(=O)c1ccncc1Cl. The predicted molar refractivity (Wildman–Crippen MR) is 81.4 cm³/mol. The van der Waals surface area contributed by atoms with Gasteiger partial charge in [0.25, 0.3) is 5.91 Å². The summed E-state index contributed by atoms with van der Waals surface area (Å²) in [4.78, 5) is 16.1. The Morgan fingerprint density at radius 2 is 2.00 bits per heavy atom. The number of carbonyl (C=O) groups is 1.